The molecule has 0 saturated heterocycles. The second kappa shape index (κ2) is 6.86. The number of aliphatic carboxylic acids is 1. The van der Waals surface area contributed by atoms with E-state index in [2.05, 4.69) is 10.3 Å². The lowest BCUT2D eigenvalue weighted by Crippen LogP contribution is -2.46. The Morgan fingerprint density at radius 3 is 2.67 bits per heavy atom. The topological polar surface area (TPSA) is 92.4 Å². The molecular weight excluding hydrogens is 308 g/mol. The Morgan fingerprint density at radius 2 is 2.00 bits per heavy atom. The Hall–Kier alpha value is -2.63. The highest BCUT2D eigenvalue weighted by Crippen LogP contribution is 2.27. The maximum atomic E-state index is 11.9. The fourth-order valence-electron chi connectivity index (χ4n) is 2.73. The van der Waals surface area contributed by atoms with Crippen molar-refractivity contribution in [1.29, 1.82) is 0 Å². The maximum Gasteiger partial charge on any atom is 0.306 e. The SMILES string of the molecule is Cc1ccc(-c2cnc(CCC(=O)NC3CC(C(=O)O)C3)o2)cc1. The Balaban J connectivity index is 1.46. The molecule has 24 heavy (non-hydrogen) atoms. The van der Waals surface area contributed by atoms with Gasteiger partial charge in [0.2, 0.25) is 5.91 Å². The number of rotatable bonds is 6. The van der Waals surface area contributed by atoms with Crippen molar-refractivity contribution in [2.75, 3.05) is 0 Å². The van der Waals surface area contributed by atoms with Crippen LogP contribution in [0.25, 0.3) is 11.3 Å². The first kappa shape index (κ1) is 16.2. The van der Waals surface area contributed by atoms with Crippen LogP contribution in [0.15, 0.2) is 34.9 Å². The second-order valence-corrected chi connectivity index (χ2v) is 6.26. The lowest BCUT2D eigenvalue weighted by Gasteiger charge is -2.32. The minimum atomic E-state index is -0.788. The van der Waals surface area contributed by atoms with Crippen LogP contribution in [0, 0.1) is 12.8 Å². The lowest BCUT2D eigenvalue weighted by atomic mass is 9.80. The van der Waals surface area contributed by atoms with E-state index in [1.807, 2.05) is 31.2 Å². The Labute approximate surface area is 139 Å². The average molecular weight is 328 g/mol. The standard InChI is InChI=1S/C18H20N2O4/c1-11-2-4-12(5-3-11)15-10-19-17(24-15)7-6-16(21)20-14-8-13(9-14)18(22)23/h2-5,10,13-14H,6-9H2,1H3,(H,20,21)(H,22,23). The zero-order chi connectivity index (χ0) is 17.1. The number of carbonyl (C=O) groups excluding carboxylic acids is 1. The quantitative estimate of drug-likeness (QED) is 0.850. The largest absolute Gasteiger partial charge is 0.481 e. The molecule has 6 heteroatoms. The van der Waals surface area contributed by atoms with Gasteiger partial charge in [0.05, 0.1) is 12.1 Å². The number of carboxylic acid groups (broad SMARTS) is 1. The second-order valence-electron chi connectivity index (χ2n) is 6.26. The highest BCUT2D eigenvalue weighted by molar-refractivity contribution is 5.77. The normalized spacial score (nSPS) is 19.5. The summed E-state index contributed by atoms with van der Waals surface area (Å²) in [5.41, 5.74) is 2.13. The van der Waals surface area contributed by atoms with E-state index >= 15 is 0 Å². The number of oxazole rings is 1. The summed E-state index contributed by atoms with van der Waals surface area (Å²) in [4.78, 5) is 26.8. The summed E-state index contributed by atoms with van der Waals surface area (Å²) in [5, 5.41) is 11.7. The van der Waals surface area contributed by atoms with Crippen LogP contribution in [0.3, 0.4) is 0 Å². The fraction of sp³-hybridized carbons (Fsp3) is 0.389. The molecule has 1 fully saturated rings. The molecule has 2 N–H and O–H groups in total. The maximum absolute atomic E-state index is 11.9. The molecule has 1 aliphatic rings. The number of benzene rings is 1. The van der Waals surface area contributed by atoms with Crippen molar-refractivity contribution in [1.82, 2.24) is 10.3 Å². The van der Waals surface area contributed by atoms with Crippen LogP contribution in [0.1, 0.15) is 30.7 Å². The number of carboxylic acids is 1. The molecule has 0 atom stereocenters. The molecule has 1 heterocycles. The number of hydrogen-bond acceptors (Lipinski definition) is 4. The van der Waals surface area contributed by atoms with E-state index in [1.54, 1.807) is 6.20 Å². The van der Waals surface area contributed by atoms with Gasteiger partial charge in [-0.1, -0.05) is 29.8 Å². The van der Waals surface area contributed by atoms with Gasteiger partial charge in [-0.25, -0.2) is 4.98 Å². The summed E-state index contributed by atoms with van der Waals surface area (Å²) in [6.07, 6.45) is 3.39. The molecule has 1 saturated carbocycles. The summed E-state index contributed by atoms with van der Waals surface area (Å²) < 4.78 is 5.68. The molecule has 1 aliphatic carbocycles. The highest BCUT2D eigenvalue weighted by Gasteiger charge is 2.35. The minimum Gasteiger partial charge on any atom is -0.481 e. The van der Waals surface area contributed by atoms with Gasteiger partial charge in [-0.2, -0.15) is 0 Å². The van der Waals surface area contributed by atoms with E-state index in [0.717, 1.165) is 5.56 Å². The number of aryl methyl sites for hydroxylation is 2. The van der Waals surface area contributed by atoms with Crippen molar-refractivity contribution in [2.24, 2.45) is 5.92 Å². The van der Waals surface area contributed by atoms with Crippen LogP contribution in [-0.2, 0) is 16.0 Å². The predicted octanol–water partition coefficient (Wildman–Crippen LogP) is 2.56. The van der Waals surface area contributed by atoms with Gasteiger partial charge in [0, 0.05) is 24.4 Å². The van der Waals surface area contributed by atoms with Crippen LogP contribution < -0.4 is 5.32 Å². The van der Waals surface area contributed by atoms with Gasteiger partial charge in [0.25, 0.3) is 0 Å². The third kappa shape index (κ3) is 3.82. The van der Waals surface area contributed by atoms with Crippen molar-refractivity contribution in [2.45, 2.75) is 38.6 Å². The van der Waals surface area contributed by atoms with Crippen LogP contribution in [0.5, 0.6) is 0 Å². The van der Waals surface area contributed by atoms with E-state index in [0.29, 0.717) is 30.9 Å². The van der Waals surface area contributed by atoms with E-state index in [-0.39, 0.29) is 24.3 Å². The Kier molecular flexibility index (Phi) is 4.64. The zero-order valence-corrected chi connectivity index (χ0v) is 13.5. The minimum absolute atomic E-state index is 0.0220. The molecule has 0 unspecified atom stereocenters. The molecule has 2 aromatic rings. The molecule has 3 rings (SSSR count). The summed E-state index contributed by atoms with van der Waals surface area (Å²) in [5.74, 6) is 0.00778. The van der Waals surface area contributed by atoms with Crippen LogP contribution >= 0.6 is 0 Å². The van der Waals surface area contributed by atoms with Crippen molar-refractivity contribution in [3.05, 3.63) is 41.9 Å². The molecule has 1 aromatic carbocycles. The smallest absolute Gasteiger partial charge is 0.306 e. The molecule has 0 radical (unpaired) electrons. The number of nitrogens with zero attached hydrogens (tertiary/aromatic N) is 1. The zero-order valence-electron chi connectivity index (χ0n) is 13.5. The molecule has 6 nitrogen and oxygen atoms in total. The van der Waals surface area contributed by atoms with Gasteiger partial charge in [-0.3, -0.25) is 9.59 Å². The van der Waals surface area contributed by atoms with Crippen LogP contribution in [-0.4, -0.2) is 28.0 Å². The highest BCUT2D eigenvalue weighted by atomic mass is 16.4. The first-order chi connectivity index (χ1) is 11.5. The van der Waals surface area contributed by atoms with E-state index < -0.39 is 5.97 Å². The first-order valence-electron chi connectivity index (χ1n) is 8.05. The first-order valence-corrected chi connectivity index (χ1v) is 8.05. The Morgan fingerprint density at radius 1 is 1.29 bits per heavy atom. The van der Waals surface area contributed by atoms with Crippen LogP contribution in [0.2, 0.25) is 0 Å². The predicted molar refractivity (Wildman–Crippen MR) is 87.3 cm³/mol. The van der Waals surface area contributed by atoms with Crippen molar-refractivity contribution in [3.8, 4) is 11.3 Å². The van der Waals surface area contributed by atoms with Crippen LogP contribution in [0.4, 0.5) is 0 Å². The van der Waals surface area contributed by atoms with E-state index in [4.69, 9.17) is 9.52 Å². The Bertz CT molecular complexity index is 730. The van der Waals surface area contributed by atoms with Gasteiger partial charge in [-0.05, 0) is 19.8 Å². The van der Waals surface area contributed by atoms with Gasteiger partial charge in [-0.15, -0.1) is 0 Å². The van der Waals surface area contributed by atoms with Gasteiger partial charge in [0.15, 0.2) is 11.7 Å². The number of carbonyl (C=O) groups is 2. The fourth-order valence-corrected chi connectivity index (χ4v) is 2.73. The number of aromatic nitrogens is 1. The molecule has 126 valence electrons. The van der Waals surface area contributed by atoms with Crippen molar-refractivity contribution in [3.63, 3.8) is 0 Å². The molecule has 0 spiro atoms. The van der Waals surface area contributed by atoms with Gasteiger partial charge >= 0.3 is 5.97 Å². The molecule has 1 amide bonds. The van der Waals surface area contributed by atoms with E-state index in [1.165, 1.54) is 5.56 Å². The van der Waals surface area contributed by atoms with Crippen molar-refractivity contribution >= 4 is 11.9 Å². The molecule has 1 aromatic heterocycles. The van der Waals surface area contributed by atoms with Gasteiger partial charge in [0.1, 0.15) is 0 Å². The van der Waals surface area contributed by atoms with Gasteiger partial charge < -0.3 is 14.8 Å². The summed E-state index contributed by atoms with van der Waals surface area (Å²) in [6, 6.07) is 7.94. The summed E-state index contributed by atoms with van der Waals surface area (Å²) >= 11 is 0. The average Bonchev–Trinajstić information content (AvgIpc) is 2.97. The van der Waals surface area contributed by atoms with Crippen molar-refractivity contribution < 1.29 is 19.1 Å². The monoisotopic (exact) mass is 328 g/mol. The summed E-state index contributed by atoms with van der Waals surface area (Å²) in [6.45, 7) is 2.02. The lowest BCUT2D eigenvalue weighted by molar-refractivity contribution is -0.146. The number of nitrogens with one attached hydrogen (secondary N) is 1. The third-order valence-corrected chi connectivity index (χ3v) is 4.31. The third-order valence-electron chi connectivity index (χ3n) is 4.31. The molecule has 0 bridgehead atoms. The molecular formula is C18H20N2O4. The van der Waals surface area contributed by atoms with E-state index in [9.17, 15) is 9.59 Å². The summed E-state index contributed by atoms with van der Waals surface area (Å²) in [7, 11) is 0. The molecule has 0 aliphatic heterocycles. The number of amides is 1. The number of hydrogen-bond donors (Lipinski definition) is 2.